The standard InChI is InChI=1S/C28H40O3/c1-2-3-4-5-6-7-8-9-10-11-13-24-18-22-27(23-19-24)31-28(30)15-12-14-25-16-20-26(29)21-17-25/h12,15-23,28-30H,2-11,13-14H2,1H3. The summed E-state index contributed by atoms with van der Waals surface area (Å²) in [5.41, 5.74) is 2.39. The molecule has 2 aromatic rings. The van der Waals surface area contributed by atoms with Crippen LogP contribution in [-0.2, 0) is 12.8 Å². The molecule has 0 amide bonds. The smallest absolute Gasteiger partial charge is 0.217 e. The fourth-order valence-corrected chi connectivity index (χ4v) is 3.68. The molecule has 170 valence electrons. The molecule has 1 unspecified atom stereocenters. The van der Waals surface area contributed by atoms with Crippen LogP contribution in [0, 0.1) is 0 Å². The first-order chi connectivity index (χ1) is 15.2. The van der Waals surface area contributed by atoms with Gasteiger partial charge in [0.15, 0.2) is 0 Å². The molecule has 0 aliphatic carbocycles. The van der Waals surface area contributed by atoms with Crippen molar-refractivity contribution in [2.75, 3.05) is 0 Å². The highest BCUT2D eigenvalue weighted by molar-refractivity contribution is 5.28. The van der Waals surface area contributed by atoms with Gasteiger partial charge in [-0.1, -0.05) is 95.1 Å². The number of aliphatic hydroxyl groups is 1. The minimum atomic E-state index is -0.968. The lowest BCUT2D eigenvalue weighted by atomic mass is 10.0. The summed E-state index contributed by atoms with van der Waals surface area (Å²) in [7, 11) is 0. The lowest BCUT2D eigenvalue weighted by molar-refractivity contribution is 0.0246. The van der Waals surface area contributed by atoms with Crippen molar-refractivity contribution in [3.63, 3.8) is 0 Å². The van der Waals surface area contributed by atoms with E-state index in [0.717, 1.165) is 12.0 Å². The number of allylic oxidation sites excluding steroid dienone is 1. The van der Waals surface area contributed by atoms with Gasteiger partial charge in [-0.3, -0.25) is 0 Å². The summed E-state index contributed by atoms with van der Waals surface area (Å²) < 4.78 is 5.56. The van der Waals surface area contributed by atoms with E-state index in [1.807, 2.05) is 30.3 Å². The average molecular weight is 425 g/mol. The molecule has 3 nitrogen and oxygen atoms in total. The highest BCUT2D eigenvalue weighted by Crippen LogP contribution is 2.17. The molecule has 0 bridgehead atoms. The Hall–Kier alpha value is -2.26. The van der Waals surface area contributed by atoms with Crippen molar-refractivity contribution in [2.45, 2.75) is 90.3 Å². The zero-order chi connectivity index (χ0) is 22.2. The second-order valence-electron chi connectivity index (χ2n) is 8.38. The predicted octanol–water partition coefficient (Wildman–Crippen LogP) is 7.35. The van der Waals surface area contributed by atoms with E-state index in [-0.39, 0.29) is 5.75 Å². The van der Waals surface area contributed by atoms with E-state index in [2.05, 4.69) is 19.1 Å². The molecule has 2 rings (SSSR count). The first kappa shape index (κ1) is 25.0. The van der Waals surface area contributed by atoms with Crippen LogP contribution >= 0.6 is 0 Å². The summed E-state index contributed by atoms with van der Waals surface area (Å²) in [4.78, 5) is 0. The Bertz CT molecular complexity index is 719. The fraction of sp³-hybridized carbons (Fsp3) is 0.500. The quantitative estimate of drug-likeness (QED) is 0.168. The van der Waals surface area contributed by atoms with Crippen LogP contribution in [0.5, 0.6) is 11.5 Å². The van der Waals surface area contributed by atoms with Gasteiger partial charge < -0.3 is 14.9 Å². The molecular formula is C28H40O3. The number of aryl methyl sites for hydroxylation is 1. The van der Waals surface area contributed by atoms with Crippen molar-refractivity contribution in [2.24, 2.45) is 0 Å². The van der Waals surface area contributed by atoms with Crippen molar-refractivity contribution >= 4 is 0 Å². The zero-order valence-electron chi connectivity index (χ0n) is 19.1. The molecular weight excluding hydrogens is 384 g/mol. The molecule has 0 heterocycles. The Kier molecular flexibility index (Phi) is 12.5. The molecule has 0 aliphatic heterocycles. The molecule has 2 N–H and O–H groups in total. The summed E-state index contributed by atoms with van der Waals surface area (Å²) >= 11 is 0. The third-order valence-corrected chi connectivity index (χ3v) is 5.59. The van der Waals surface area contributed by atoms with Crippen LogP contribution in [-0.4, -0.2) is 16.5 Å². The number of unbranched alkanes of at least 4 members (excludes halogenated alkanes) is 9. The number of hydrogen-bond donors (Lipinski definition) is 2. The van der Waals surface area contributed by atoms with Gasteiger partial charge in [-0.25, -0.2) is 0 Å². The molecule has 1 atom stereocenters. The first-order valence-corrected chi connectivity index (χ1v) is 12.1. The minimum absolute atomic E-state index is 0.257. The van der Waals surface area contributed by atoms with Gasteiger partial charge in [-0.15, -0.1) is 0 Å². The Labute approximate surface area is 188 Å². The molecule has 31 heavy (non-hydrogen) atoms. The number of aliphatic hydroxyl groups excluding tert-OH is 1. The maximum absolute atomic E-state index is 10.0. The SMILES string of the molecule is CCCCCCCCCCCCc1ccc(OC(O)C=CCc2ccc(O)cc2)cc1. The molecule has 0 saturated heterocycles. The molecule has 0 aromatic heterocycles. The Morgan fingerprint density at radius 3 is 1.90 bits per heavy atom. The molecule has 2 aromatic carbocycles. The van der Waals surface area contributed by atoms with E-state index in [1.54, 1.807) is 18.2 Å². The number of ether oxygens (including phenoxy) is 1. The lowest BCUT2D eigenvalue weighted by Gasteiger charge is -2.10. The summed E-state index contributed by atoms with van der Waals surface area (Å²) in [6, 6.07) is 15.1. The summed E-state index contributed by atoms with van der Waals surface area (Å²) in [5.74, 6) is 0.932. The van der Waals surface area contributed by atoms with E-state index in [0.29, 0.717) is 12.2 Å². The largest absolute Gasteiger partial charge is 0.508 e. The third-order valence-electron chi connectivity index (χ3n) is 5.59. The van der Waals surface area contributed by atoms with Gasteiger partial charge in [-0.05, 0) is 60.7 Å². The Morgan fingerprint density at radius 2 is 1.29 bits per heavy atom. The molecule has 0 radical (unpaired) electrons. The van der Waals surface area contributed by atoms with Gasteiger partial charge in [0.1, 0.15) is 11.5 Å². The second kappa shape index (κ2) is 15.5. The zero-order valence-corrected chi connectivity index (χ0v) is 19.1. The van der Waals surface area contributed by atoms with Gasteiger partial charge in [0, 0.05) is 0 Å². The predicted molar refractivity (Wildman–Crippen MR) is 130 cm³/mol. The van der Waals surface area contributed by atoms with Crippen molar-refractivity contribution in [3.05, 3.63) is 71.8 Å². The highest BCUT2D eigenvalue weighted by atomic mass is 16.6. The van der Waals surface area contributed by atoms with Gasteiger partial charge >= 0.3 is 0 Å². The second-order valence-corrected chi connectivity index (χ2v) is 8.38. The Balaban J connectivity index is 1.56. The fourth-order valence-electron chi connectivity index (χ4n) is 3.68. The number of phenolic OH excluding ortho intramolecular Hbond substituents is 1. The minimum Gasteiger partial charge on any atom is -0.508 e. The average Bonchev–Trinajstić information content (AvgIpc) is 2.77. The monoisotopic (exact) mass is 424 g/mol. The molecule has 0 spiro atoms. The van der Waals surface area contributed by atoms with E-state index >= 15 is 0 Å². The third kappa shape index (κ3) is 11.6. The van der Waals surface area contributed by atoms with Gasteiger partial charge in [0.05, 0.1) is 0 Å². The number of benzene rings is 2. The number of hydrogen-bond acceptors (Lipinski definition) is 3. The molecule has 3 heteroatoms. The molecule has 0 saturated carbocycles. The lowest BCUT2D eigenvalue weighted by Crippen LogP contribution is -2.11. The van der Waals surface area contributed by atoms with Crippen LogP contribution < -0.4 is 4.74 Å². The van der Waals surface area contributed by atoms with Crippen LogP contribution in [0.25, 0.3) is 0 Å². The van der Waals surface area contributed by atoms with Crippen molar-refractivity contribution < 1.29 is 14.9 Å². The maximum atomic E-state index is 10.0. The van der Waals surface area contributed by atoms with Crippen molar-refractivity contribution in [3.8, 4) is 11.5 Å². The highest BCUT2D eigenvalue weighted by Gasteiger charge is 2.02. The maximum Gasteiger partial charge on any atom is 0.217 e. The van der Waals surface area contributed by atoms with Gasteiger partial charge in [0.25, 0.3) is 0 Å². The number of aromatic hydroxyl groups is 1. The van der Waals surface area contributed by atoms with E-state index in [9.17, 15) is 10.2 Å². The summed E-state index contributed by atoms with van der Waals surface area (Å²) in [6.07, 6.45) is 17.9. The van der Waals surface area contributed by atoms with Crippen LogP contribution in [0.15, 0.2) is 60.7 Å². The number of phenols is 1. The van der Waals surface area contributed by atoms with E-state index in [4.69, 9.17) is 4.74 Å². The molecule has 0 aliphatic rings. The first-order valence-electron chi connectivity index (χ1n) is 12.1. The number of rotatable bonds is 16. The molecule has 0 fully saturated rings. The summed E-state index contributed by atoms with van der Waals surface area (Å²) in [5, 5.41) is 19.3. The van der Waals surface area contributed by atoms with Crippen molar-refractivity contribution in [1.29, 1.82) is 0 Å². The Morgan fingerprint density at radius 1 is 0.742 bits per heavy atom. The van der Waals surface area contributed by atoms with E-state index < -0.39 is 6.29 Å². The topological polar surface area (TPSA) is 49.7 Å². The van der Waals surface area contributed by atoms with Crippen LogP contribution in [0.3, 0.4) is 0 Å². The van der Waals surface area contributed by atoms with Crippen LogP contribution in [0.4, 0.5) is 0 Å². The van der Waals surface area contributed by atoms with Gasteiger partial charge in [0.2, 0.25) is 6.29 Å². The normalized spacial score (nSPS) is 12.3. The van der Waals surface area contributed by atoms with E-state index in [1.165, 1.54) is 69.8 Å². The van der Waals surface area contributed by atoms with Crippen LogP contribution in [0.1, 0.15) is 82.3 Å². The van der Waals surface area contributed by atoms with Crippen molar-refractivity contribution in [1.82, 2.24) is 0 Å². The van der Waals surface area contributed by atoms with Gasteiger partial charge in [-0.2, -0.15) is 0 Å². The summed E-state index contributed by atoms with van der Waals surface area (Å²) in [6.45, 7) is 2.27. The van der Waals surface area contributed by atoms with Crippen LogP contribution in [0.2, 0.25) is 0 Å².